The number of hydrogen-bond acceptors (Lipinski definition) is 2. The summed E-state index contributed by atoms with van der Waals surface area (Å²) in [4.78, 5) is 1.33. The molecule has 0 saturated carbocycles. The molecule has 0 radical (unpaired) electrons. The number of aryl methyl sites for hydroxylation is 1. The molecular weight excluding hydrogens is 190 g/mol. The van der Waals surface area contributed by atoms with Crippen molar-refractivity contribution >= 4 is 22.9 Å². The molecule has 1 aliphatic heterocycles. The van der Waals surface area contributed by atoms with E-state index in [9.17, 15) is 0 Å². The van der Waals surface area contributed by atoms with Gasteiger partial charge in [-0.2, -0.15) is 0 Å². The Kier molecular flexibility index (Phi) is 2.40. The monoisotopic (exact) mass is 201 g/mol. The second-order valence-corrected chi connectivity index (χ2v) is 4.54. The van der Waals surface area contributed by atoms with E-state index < -0.39 is 0 Å². The Morgan fingerprint density at radius 2 is 2.50 bits per heavy atom. The Balaban J connectivity index is 2.26. The minimum atomic E-state index is 0.524. The minimum absolute atomic E-state index is 0.524. The first-order valence-electron chi connectivity index (χ1n) is 4.26. The normalized spacial score (nSPS) is 23.3. The van der Waals surface area contributed by atoms with Gasteiger partial charge in [0, 0.05) is 10.9 Å². The highest BCUT2D eigenvalue weighted by molar-refractivity contribution is 7.10. The molecule has 2 rings (SSSR count). The molecule has 1 nitrogen and oxygen atoms in total. The average molecular weight is 202 g/mol. The summed E-state index contributed by atoms with van der Waals surface area (Å²) < 4.78 is 0. The average Bonchev–Trinajstić information content (AvgIpc) is 2.64. The molecule has 0 spiro atoms. The summed E-state index contributed by atoms with van der Waals surface area (Å²) in [5, 5.41) is 6.56. The van der Waals surface area contributed by atoms with Gasteiger partial charge in [-0.15, -0.1) is 11.3 Å². The summed E-state index contributed by atoms with van der Waals surface area (Å²) in [5.74, 6) is 0. The largest absolute Gasteiger partial charge is 0.309 e. The second-order valence-electron chi connectivity index (χ2n) is 3.25. The highest BCUT2D eigenvalue weighted by Crippen LogP contribution is 2.35. The van der Waals surface area contributed by atoms with Gasteiger partial charge in [0.25, 0.3) is 0 Å². The van der Waals surface area contributed by atoms with Crippen LogP contribution >= 0.6 is 22.9 Å². The third-order valence-electron chi connectivity index (χ3n) is 2.30. The van der Waals surface area contributed by atoms with Crippen molar-refractivity contribution in [3.8, 4) is 0 Å². The Hall–Kier alpha value is -0.0500. The van der Waals surface area contributed by atoms with E-state index in [-0.39, 0.29) is 0 Å². The molecule has 1 aliphatic rings. The SMILES string of the molecule is Cc1csc([C@H]2CCCN2)c1Cl. The summed E-state index contributed by atoms with van der Waals surface area (Å²) in [6.45, 7) is 3.20. The number of rotatable bonds is 1. The first-order valence-corrected chi connectivity index (χ1v) is 5.51. The summed E-state index contributed by atoms with van der Waals surface area (Å²) in [6.07, 6.45) is 2.51. The van der Waals surface area contributed by atoms with Crippen LogP contribution in [0.2, 0.25) is 5.02 Å². The standard InChI is InChI=1S/C9H12ClNS/c1-6-5-12-9(8(6)10)7-3-2-4-11-7/h5,7,11H,2-4H2,1H3/t7-/m1/s1. The van der Waals surface area contributed by atoms with Crippen molar-refractivity contribution < 1.29 is 0 Å². The van der Waals surface area contributed by atoms with Crippen LogP contribution in [0.5, 0.6) is 0 Å². The van der Waals surface area contributed by atoms with Crippen molar-refractivity contribution in [1.82, 2.24) is 5.32 Å². The zero-order valence-electron chi connectivity index (χ0n) is 7.06. The van der Waals surface area contributed by atoms with Crippen molar-refractivity contribution in [2.45, 2.75) is 25.8 Å². The van der Waals surface area contributed by atoms with E-state index in [1.165, 1.54) is 23.3 Å². The predicted octanol–water partition coefficient (Wildman–Crippen LogP) is 3.13. The van der Waals surface area contributed by atoms with Crippen LogP contribution in [0, 0.1) is 6.92 Å². The lowest BCUT2D eigenvalue weighted by molar-refractivity contribution is 0.660. The fourth-order valence-corrected chi connectivity index (χ4v) is 3.03. The molecule has 0 aromatic carbocycles. The molecule has 1 saturated heterocycles. The molecule has 1 aromatic rings. The Morgan fingerprint density at radius 1 is 1.67 bits per heavy atom. The van der Waals surface area contributed by atoms with Crippen molar-refractivity contribution in [1.29, 1.82) is 0 Å². The van der Waals surface area contributed by atoms with E-state index in [0.717, 1.165) is 11.6 Å². The highest BCUT2D eigenvalue weighted by atomic mass is 35.5. The zero-order valence-corrected chi connectivity index (χ0v) is 8.63. The fourth-order valence-electron chi connectivity index (χ4n) is 1.59. The van der Waals surface area contributed by atoms with Crippen LogP contribution in [-0.4, -0.2) is 6.54 Å². The molecule has 3 heteroatoms. The van der Waals surface area contributed by atoms with Gasteiger partial charge in [0.1, 0.15) is 0 Å². The number of hydrogen-bond donors (Lipinski definition) is 1. The van der Waals surface area contributed by atoms with Gasteiger partial charge in [0.15, 0.2) is 0 Å². The summed E-state index contributed by atoms with van der Waals surface area (Å²) in [6, 6.07) is 0.524. The maximum atomic E-state index is 6.16. The molecule has 0 amide bonds. The minimum Gasteiger partial charge on any atom is -0.309 e. The van der Waals surface area contributed by atoms with Crippen molar-refractivity contribution in [3.63, 3.8) is 0 Å². The molecule has 0 unspecified atom stereocenters. The molecule has 1 atom stereocenters. The van der Waals surface area contributed by atoms with Crippen LogP contribution in [0.15, 0.2) is 5.38 Å². The van der Waals surface area contributed by atoms with Gasteiger partial charge in [-0.25, -0.2) is 0 Å². The van der Waals surface area contributed by atoms with Gasteiger partial charge in [-0.1, -0.05) is 11.6 Å². The Morgan fingerprint density at radius 3 is 3.00 bits per heavy atom. The van der Waals surface area contributed by atoms with E-state index in [2.05, 4.69) is 17.6 Å². The van der Waals surface area contributed by atoms with E-state index in [4.69, 9.17) is 11.6 Å². The molecule has 0 aliphatic carbocycles. The van der Waals surface area contributed by atoms with E-state index in [1.54, 1.807) is 11.3 Å². The molecular formula is C9H12ClNS. The van der Waals surface area contributed by atoms with Gasteiger partial charge in [0.05, 0.1) is 5.02 Å². The highest BCUT2D eigenvalue weighted by Gasteiger charge is 2.20. The zero-order chi connectivity index (χ0) is 8.55. The van der Waals surface area contributed by atoms with E-state index >= 15 is 0 Å². The van der Waals surface area contributed by atoms with Gasteiger partial charge in [-0.3, -0.25) is 0 Å². The number of nitrogens with one attached hydrogen (secondary N) is 1. The smallest absolute Gasteiger partial charge is 0.0590 e. The predicted molar refractivity (Wildman–Crippen MR) is 54.0 cm³/mol. The summed E-state index contributed by atoms with van der Waals surface area (Å²) in [5.41, 5.74) is 1.21. The van der Waals surface area contributed by atoms with Crippen LogP contribution < -0.4 is 5.32 Å². The van der Waals surface area contributed by atoms with Crippen molar-refractivity contribution in [2.75, 3.05) is 6.54 Å². The van der Waals surface area contributed by atoms with Crippen molar-refractivity contribution in [2.24, 2.45) is 0 Å². The summed E-state index contributed by atoms with van der Waals surface area (Å²) in [7, 11) is 0. The van der Waals surface area contributed by atoms with E-state index in [0.29, 0.717) is 6.04 Å². The first-order chi connectivity index (χ1) is 5.79. The summed E-state index contributed by atoms with van der Waals surface area (Å²) >= 11 is 7.94. The molecule has 0 bridgehead atoms. The lowest BCUT2D eigenvalue weighted by atomic mass is 10.2. The Bertz CT molecular complexity index is 276. The third-order valence-corrected chi connectivity index (χ3v) is 4.13. The lowest BCUT2D eigenvalue weighted by Gasteiger charge is -2.07. The maximum Gasteiger partial charge on any atom is 0.0590 e. The van der Waals surface area contributed by atoms with E-state index in [1.807, 2.05) is 0 Å². The number of thiophene rings is 1. The maximum absolute atomic E-state index is 6.16. The van der Waals surface area contributed by atoms with Gasteiger partial charge in [-0.05, 0) is 37.3 Å². The van der Waals surface area contributed by atoms with Gasteiger partial charge >= 0.3 is 0 Å². The second kappa shape index (κ2) is 3.36. The molecule has 2 heterocycles. The van der Waals surface area contributed by atoms with Gasteiger partial charge in [0.2, 0.25) is 0 Å². The lowest BCUT2D eigenvalue weighted by Crippen LogP contribution is -2.11. The third kappa shape index (κ3) is 1.39. The van der Waals surface area contributed by atoms with Crippen LogP contribution in [0.1, 0.15) is 29.3 Å². The van der Waals surface area contributed by atoms with Crippen LogP contribution in [0.3, 0.4) is 0 Å². The fraction of sp³-hybridized carbons (Fsp3) is 0.556. The molecule has 1 fully saturated rings. The van der Waals surface area contributed by atoms with Crippen LogP contribution in [-0.2, 0) is 0 Å². The Labute approximate surface area is 81.7 Å². The van der Waals surface area contributed by atoms with Crippen LogP contribution in [0.25, 0.3) is 0 Å². The quantitative estimate of drug-likeness (QED) is 0.736. The molecule has 1 aromatic heterocycles. The topological polar surface area (TPSA) is 12.0 Å². The first kappa shape index (κ1) is 8.54. The van der Waals surface area contributed by atoms with Crippen molar-refractivity contribution in [3.05, 3.63) is 20.8 Å². The van der Waals surface area contributed by atoms with Crippen LogP contribution in [0.4, 0.5) is 0 Å². The molecule has 1 N–H and O–H groups in total. The molecule has 66 valence electrons. The van der Waals surface area contributed by atoms with Gasteiger partial charge < -0.3 is 5.32 Å². The molecule has 12 heavy (non-hydrogen) atoms. The number of halogens is 1.